The standard InChI is InChI=1S/C12H15NO3S/c14-11(13-9-3-4-9)6-8(7-12(15)16)10-2-1-5-17-10/h1-2,5,8-9H,3-4,6-7H2,(H,13,14)(H,15,16). The quantitative estimate of drug-likeness (QED) is 0.814. The molecule has 92 valence electrons. The maximum absolute atomic E-state index is 11.7. The van der Waals surface area contributed by atoms with E-state index in [0.717, 1.165) is 17.7 Å². The molecule has 2 N–H and O–H groups in total. The molecule has 1 unspecified atom stereocenters. The van der Waals surface area contributed by atoms with Crippen molar-refractivity contribution in [3.8, 4) is 0 Å². The van der Waals surface area contributed by atoms with Gasteiger partial charge in [0.25, 0.3) is 0 Å². The summed E-state index contributed by atoms with van der Waals surface area (Å²) in [5, 5.41) is 13.7. The Labute approximate surface area is 104 Å². The Morgan fingerprint density at radius 3 is 2.76 bits per heavy atom. The number of carboxylic acid groups (broad SMARTS) is 1. The molecule has 0 aliphatic heterocycles. The predicted octanol–water partition coefficient (Wildman–Crippen LogP) is 1.98. The molecule has 1 aliphatic rings. The first kappa shape index (κ1) is 12.1. The van der Waals surface area contributed by atoms with Crippen molar-refractivity contribution in [2.45, 2.75) is 37.6 Å². The summed E-state index contributed by atoms with van der Waals surface area (Å²) >= 11 is 1.51. The van der Waals surface area contributed by atoms with Crippen LogP contribution in [0.3, 0.4) is 0 Å². The lowest BCUT2D eigenvalue weighted by Gasteiger charge is -2.12. The lowest BCUT2D eigenvalue weighted by Crippen LogP contribution is -2.27. The summed E-state index contributed by atoms with van der Waals surface area (Å²) in [4.78, 5) is 23.4. The van der Waals surface area contributed by atoms with E-state index in [2.05, 4.69) is 5.32 Å². The van der Waals surface area contributed by atoms with Crippen LogP contribution in [-0.4, -0.2) is 23.0 Å². The van der Waals surface area contributed by atoms with Gasteiger partial charge in [-0.25, -0.2) is 0 Å². The number of amides is 1. The first-order chi connectivity index (χ1) is 8.15. The van der Waals surface area contributed by atoms with Gasteiger partial charge in [0.05, 0.1) is 6.42 Å². The number of hydrogen-bond acceptors (Lipinski definition) is 3. The zero-order valence-corrected chi connectivity index (χ0v) is 10.2. The molecule has 1 saturated carbocycles. The SMILES string of the molecule is O=C(O)CC(CC(=O)NC1CC1)c1cccs1. The molecule has 1 aromatic heterocycles. The molecule has 2 rings (SSSR count). The van der Waals surface area contributed by atoms with E-state index in [1.165, 1.54) is 11.3 Å². The second-order valence-corrected chi connectivity index (χ2v) is 5.34. The van der Waals surface area contributed by atoms with Crippen LogP contribution >= 0.6 is 11.3 Å². The second-order valence-electron chi connectivity index (χ2n) is 4.36. The van der Waals surface area contributed by atoms with Crippen molar-refractivity contribution in [3.63, 3.8) is 0 Å². The number of thiophene rings is 1. The summed E-state index contributed by atoms with van der Waals surface area (Å²) in [6, 6.07) is 4.10. The Morgan fingerprint density at radius 1 is 1.47 bits per heavy atom. The first-order valence-electron chi connectivity index (χ1n) is 5.69. The van der Waals surface area contributed by atoms with Gasteiger partial charge in [0.1, 0.15) is 0 Å². The van der Waals surface area contributed by atoms with Crippen molar-refractivity contribution >= 4 is 23.2 Å². The molecule has 1 aliphatic carbocycles. The normalized spacial score (nSPS) is 16.5. The first-order valence-corrected chi connectivity index (χ1v) is 6.57. The Kier molecular flexibility index (Phi) is 3.78. The number of carbonyl (C=O) groups excluding carboxylic acids is 1. The highest BCUT2D eigenvalue weighted by Gasteiger charge is 2.26. The Morgan fingerprint density at radius 2 is 2.24 bits per heavy atom. The summed E-state index contributed by atoms with van der Waals surface area (Å²) in [7, 11) is 0. The summed E-state index contributed by atoms with van der Waals surface area (Å²) < 4.78 is 0. The number of hydrogen-bond donors (Lipinski definition) is 2. The Bertz CT molecular complexity index is 398. The second kappa shape index (κ2) is 5.31. The molecule has 1 heterocycles. The smallest absolute Gasteiger partial charge is 0.304 e. The highest BCUT2D eigenvalue weighted by atomic mass is 32.1. The van der Waals surface area contributed by atoms with Crippen molar-refractivity contribution in [1.29, 1.82) is 0 Å². The molecule has 5 heteroatoms. The molecular formula is C12H15NO3S. The molecular weight excluding hydrogens is 238 g/mol. The molecule has 0 radical (unpaired) electrons. The number of nitrogens with one attached hydrogen (secondary N) is 1. The van der Waals surface area contributed by atoms with Crippen LogP contribution in [-0.2, 0) is 9.59 Å². The molecule has 1 aromatic rings. The summed E-state index contributed by atoms with van der Waals surface area (Å²) in [5.41, 5.74) is 0. The van der Waals surface area contributed by atoms with Gasteiger partial charge in [-0.15, -0.1) is 11.3 Å². The van der Waals surface area contributed by atoms with Gasteiger partial charge in [-0.1, -0.05) is 6.07 Å². The van der Waals surface area contributed by atoms with E-state index < -0.39 is 5.97 Å². The average molecular weight is 253 g/mol. The van der Waals surface area contributed by atoms with Crippen LogP contribution in [0.2, 0.25) is 0 Å². The van der Waals surface area contributed by atoms with E-state index in [0.29, 0.717) is 6.04 Å². The highest BCUT2D eigenvalue weighted by Crippen LogP contribution is 2.28. The van der Waals surface area contributed by atoms with Gasteiger partial charge in [0.15, 0.2) is 0 Å². The minimum absolute atomic E-state index is 0.0125. The van der Waals surface area contributed by atoms with Crippen molar-refractivity contribution < 1.29 is 14.7 Å². The maximum atomic E-state index is 11.7. The summed E-state index contributed by atoms with van der Waals surface area (Å²) in [5.74, 6) is -1.10. The van der Waals surface area contributed by atoms with Crippen molar-refractivity contribution in [2.75, 3.05) is 0 Å². The predicted molar refractivity (Wildman–Crippen MR) is 65.1 cm³/mol. The Hall–Kier alpha value is -1.36. The minimum atomic E-state index is -0.859. The number of rotatable bonds is 6. The van der Waals surface area contributed by atoms with Crippen LogP contribution in [0.4, 0.5) is 0 Å². The fraction of sp³-hybridized carbons (Fsp3) is 0.500. The topological polar surface area (TPSA) is 66.4 Å². The van der Waals surface area contributed by atoms with Gasteiger partial charge < -0.3 is 10.4 Å². The zero-order valence-electron chi connectivity index (χ0n) is 9.39. The third-order valence-electron chi connectivity index (χ3n) is 2.74. The molecule has 1 amide bonds. The lowest BCUT2D eigenvalue weighted by atomic mass is 9.99. The van der Waals surface area contributed by atoms with Crippen LogP contribution in [0, 0.1) is 0 Å². The molecule has 0 saturated heterocycles. The van der Waals surface area contributed by atoms with Crippen LogP contribution in [0.5, 0.6) is 0 Å². The number of carboxylic acids is 1. The summed E-state index contributed by atoms with van der Waals surface area (Å²) in [6.45, 7) is 0. The summed E-state index contributed by atoms with van der Waals surface area (Å²) in [6.07, 6.45) is 2.38. The van der Waals surface area contributed by atoms with Gasteiger partial charge in [-0.05, 0) is 24.3 Å². The molecule has 4 nitrogen and oxygen atoms in total. The van der Waals surface area contributed by atoms with Crippen LogP contribution < -0.4 is 5.32 Å². The van der Waals surface area contributed by atoms with Gasteiger partial charge in [-0.2, -0.15) is 0 Å². The van der Waals surface area contributed by atoms with E-state index in [1.807, 2.05) is 17.5 Å². The van der Waals surface area contributed by atoms with E-state index >= 15 is 0 Å². The average Bonchev–Trinajstić information content (AvgIpc) is 2.90. The zero-order chi connectivity index (χ0) is 12.3. The molecule has 0 aromatic carbocycles. The lowest BCUT2D eigenvalue weighted by molar-refractivity contribution is -0.137. The molecule has 1 atom stereocenters. The van der Waals surface area contributed by atoms with Gasteiger partial charge >= 0.3 is 5.97 Å². The number of aliphatic carboxylic acids is 1. The van der Waals surface area contributed by atoms with Crippen LogP contribution in [0.1, 0.15) is 36.5 Å². The third-order valence-corrected chi connectivity index (χ3v) is 3.78. The monoisotopic (exact) mass is 253 g/mol. The van der Waals surface area contributed by atoms with Crippen molar-refractivity contribution in [3.05, 3.63) is 22.4 Å². The van der Waals surface area contributed by atoms with Crippen LogP contribution in [0.15, 0.2) is 17.5 Å². The fourth-order valence-corrected chi connectivity index (χ4v) is 2.58. The van der Waals surface area contributed by atoms with E-state index in [1.54, 1.807) is 0 Å². The third kappa shape index (κ3) is 3.85. The van der Waals surface area contributed by atoms with Gasteiger partial charge in [-0.3, -0.25) is 9.59 Å². The van der Waals surface area contributed by atoms with Gasteiger partial charge in [0, 0.05) is 23.3 Å². The van der Waals surface area contributed by atoms with Crippen molar-refractivity contribution in [2.24, 2.45) is 0 Å². The van der Waals surface area contributed by atoms with Gasteiger partial charge in [0.2, 0.25) is 5.91 Å². The molecule has 17 heavy (non-hydrogen) atoms. The van der Waals surface area contributed by atoms with Crippen molar-refractivity contribution in [1.82, 2.24) is 5.32 Å². The highest BCUT2D eigenvalue weighted by molar-refractivity contribution is 7.10. The Balaban J connectivity index is 1.94. The molecule has 0 spiro atoms. The minimum Gasteiger partial charge on any atom is -0.481 e. The van der Waals surface area contributed by atoms with E-state index in [4.69, 9.17) is 5.11 Å². The molecule has 0 bridgehead atoms. The number of carbonyl (C=O) groups is 2. The van der Waals surface area contributed by atoms with E-state index in [-0.39, 0.29) is 24.7 Å². The fourth-order valence-electron chi connectivity index (χ4n) is 1.75. The largest absolute Gasteiger partial charge is 0.481 e. The van der Waals surface area contributed by atoms with E-state index in [9.17, 15) is 9.59 Å². The maximum Gasteiger partial charge on any atom is 0.304 e. The van der Waals surface area contributed by atoms with Crippen LogP contribution in [0.25, 0.3) is 0 Å². The molecule has 1 fully saturated rings.